The summed E-state index contributed by atoms with van der Waals surface area (Å²) in [7, 11) is 3.45. The van der Waals surface area contributed by atoms with Crippen LogP contribution in [0.4, 0.5) is 5.69 Å². The van der Waals surface area contributed by atoms with Crippen LogP contribution in [0, 0.1) is 0 Å². The van der Waals surface area contributed by atoms with Crippen molar-refractivity contribution >= 4 is 28.9 Å². The third kappa shape index (κ3) is 4.90. The van der Waals surface area contributed by atoms with Crippen LogP contribution in [-0.2, 0) is 11.8 Å². The molecule has 7 nitrogen and oxygen atoms in total. The quantitative estimate of drug-likeness (QED) is 0.602. The first-order valence-corrected chi connectivity index (χ1v) is 8.39. The number of amides is 1. The molecule has 2 rings (SSSR count). The number of rotatable bonds is 6. The van der Waals surface area contributed by atoms with E-state index in [-0.39, 0.29) is 5.91 Å². The largest absolute Gasteiger partial charge is 0.385 e. The van der Waals surface area contributed by atoms with Gasteiger partial charge in [-0.3, -0.25) is 9.48 Å². The van der Waals surface area contributed by atoms with Crippen molar-refractivity contribution in [2.24, 2.45) is 7.05 Å². The molecule has 0 aliphatic carbocycles. The summed E-state index contributed by atoms with van der Waals surface area (Å²) in [5.74, 6) is 0.00869. The third-order valence-corrected chi connectivity index (χ3v) is 4.09. The molecule has 23 heavy (non-hydrogen) atoms. The summed E-state index contributed by atoms with van der Waals surface area (Å²) in [6.07, 6.45) is 5.82. The van der Waals surface area contributed by atoms with Crippen LogP contribution in [0.5, 0.6) is 0 Å². The zero-order chi connectivity index (χ0) is 16.7. The predicted octanol–water partition coefficient (Wildman–Crippen LogP) is 1.37. The Bertz CT molecular complexity index is 540. The Balaban J connectivity index is 1.97. The molecule has 1 amide bonds. The number of hydrogen-bond acceptors (Lipinski definition) is 4. The van der Waals surface area contributed by atoms with Crippen LogP contribution >= 0.6 is 12.2 Å². The van der Waals surface area contributed by atoms with E-state index in [9.17, 15) is 4.79 Å². The average molecular weight is 339 g/mol. The second-order valence-corrected chi connectivity index (χ2v) is 6.02. The van der Waals surface area contributed by atoms with Gasteiger partial charge in [0.1, 0.15) is 5.69 Å². The van der Waals surface area contributed by atoms with Gasteiger partial charge in [0.25, 0.3) is 5.91 Å². The van der Waals surface area contributed by atoms with Gasteiger partial charge in [-0.2, -0.15) is 5.10 Å². The van der Waals surface area contributed by atoms with Crippen LogP contribution in [0.15, 0.2) is 6.20 Å². The second kappa shape index (κ2) is 8.83. The van der Waals surface area contributed by atoms with E-state index in [2.05, 4.69) is 15.7 Å². The van der Waals surface area contributed by atoms with Gasteiger partial charge in [0.05, 0.1) is 11.9 Å². The number of carbonyl (C=O) groups is 1. The lowest BCUT2D eigenvalue weighted by Crippen LogP contribution is -2.37. The van der Waals surface area contributed by atoms with Crippen LogP contribution in [0.1, 0.15) is 36.2 Å². The number of carbonyl (C=O) groups excluding carboxylic acids is 1. The van der Waals surface area contributed by atoms with Crippen molar-refractivity contribution in [2.45, 2.75) is 25.7 Å². The zero-order valence-corrected chi connectivity index (χ0v) is 14.6. The zero-order valence-electron chi connectivity index (χ0n) is 13.8. The van der Waals surface area contributed by atoms with E-state index >= 15 is 0 Å². The maximum absolute atomic E-state index is 12.7. The first-order chi connectivity index (χ1) is 11.1. The second-order valence-electron chi connectivity index (χ2n) is 5.61. The molecule has 2 heterocycles. The molecular weight excluding hydrogens is 314 g/mol. The molecule has 1 aliphatic heterocycles. The third-order valence-electron chi connectivity index (χ3n) is 3.84. The molecule has 0 atom stereocenters. The highest BCUT2D eigenvalue weighted by Crippen LogP contribution is 2.19. The van der Waals surface area contributed by atoms with Crippen LogP contribution in [0.2, 0.25) is 0 Å². The number of aromatic nitrogens is 2. The van der Waals surface area contributed by atoms with Gasteiger partial charge < -0.3 is 20.3 Å². The normalized spacial score (nSPS) is 14.6. The van der Waals surface area contributed by atoms with Crippen molar-refractivity contribution in [1.82, 2.24) is 20.0 Å². The summed E-state index contributed by atoms with van der Waals surface area (Å²) < 4.78 is 6.60. The maximum atomic E-state index is 12.7. The summed E-state index contributed by atoms with van der Waals surface area (Å²) in [5, 5.41) is 10.9. The van der Waals surface area contributed by atoms with Gasteiger partial charge in [-0.05, 0) is 37.9 Å². The number of piperidine rings is 1. The van der Waals surface area contributed by atoms with Crippen LogP contribution in [-0.4, -0.2) is 59.1 Å². The van der Waals surface area contributed by atoms with E-state index in [0.717, 1.165) is 38.9 Å². The Hall–Kier alpha value is -1.67. The number of thiocarbonyl (C=S) groups is 1. The van der Waals surface area contributed by atoms with E-state index in [0.29, 0.717) is 23.1 Å². The number of hydrogen-bond donors (Lipinski definition) is 2. The minimum atomic E-state index is 0.00869. The van der Waals surface area contributed by atoms with Gasteiger partial charge in [-0.25, -0.2) is 0 Å². The molecule has 1 saturated heterocycles. The molecule has 0 aromatic carbocycles. The summed E-state index contributed by atoms with van der Waals surface area (Å²) in [5.41, 5.74) is 1.19. The molecule has 1 aromatic heterocycles. The fourth-order valence-corrected chi connectivity index (χ4v) is 2.83. The fourth-order valence-electron chi connectivity index (χ4n) is 2.61. The predicted molar refractivity (Wildman–Crippen MR) is 93.7 cm³/mol. The number of likely N-dealkylation sites (tertiary alicyclic amines) is 1. The molecule has 8 heteroatoms. The highest BCUT2D eigenvalue weighted by molar-refractivity contribution is 7.80. The Morgan fingerprint density at radius 3 is 2.83 bits per heavy atom. The average Bonchev–Trinajstić information content (AvgIpc) is 2.92. The monoisotopic (exact) mass is 339 g/mol. The van der Waals surface area contributed by atoms with Crippen molar-refractivity contribution in [3.05, 3.63) is 11.9 Å². The Labute approximate surface area is 142 Å². The lowest BCUT2D eigenvalue weighted by atomic mass is 10.1. The van der Waals surface area contributed by atoms with Crippen molar-refractivity contribution < 1.29 is 9.53 Å². The number of nitrogens with one attached hydrogen (secondary N) is 2. The molecule has 2 N–H and O–H groups in total. The van der Waals surface area contributed by atoms with Crippen LogP contribution in [0.25, 0.3) is 0 Å². The van der Waals surface area contributed by atoms with Gasteiger partial charge in [0.2, 0.25) is 0 Å². The molecule has 0 bridgehead atoms. The number of aryl methyl sites for hydroxylation is 1. The Kier molecular flexibility index (Phi) is 6.79. The summed E-state index contributed by atoms with van der Waals surface area (Å²) >= 11 is 5.27. The number of nitrogens with zero attached hydrogens (tertiary/aromatic N) is 3. The summed E-state index contributed by atoms with van der Waals surface area (Å²) in [6, 6.07) is 0. The first-order valence-electron chi connectivity index (χ1n) is 7.98. The molecule has 128 valence electrons. The van der Waals surface area contributed by atoms with Crippen molar-refractivity contribution in [3.8, 4) is 0 Å². The Morgan fingerprint density at radius 1 is 1.39 bits per heavy atom. The lowest BCUT2D eigenvalue weighted by Gasteiger charge is -2.27. The van der Waals surface area contributed by atoms with Gasteiger partial charge in [0, 0.05) is 40.4 Å². The minimum Gasteiger partial charge on any atom is -0.385 e. The van der Waals surface area contributed by atoms with E-state index in [1.807, 2.05) is 4.90 Å². The molecular formula is C15H25N5O2S. The fraction of sp³-hybridized carbons (Fsp3) is 0.667. The number of methoxy groups -OCH3 is 1. The van der Waals surface area contributed by atoms with E-state index < -0.39 is 0 Å². The van der Waals surface area contributed by atoms with Gasteiger partial charge in [-0.15, -0.1) is 0 Å². The maximum Gasteiger partial charge on any atom is 0.274 e. The van der Waals surface area contributed by atoms with Gasteiger partial charge in [0.15, 0.2) is 5.11 Å². The molecule has 1 aromatic rings. The van der Waals surface area contributed by atoms with Gasteiger partial charge >= 0.3 is 0 Å². The van der Waals surface area contributed by atoms with Crippen LogP contribution < -0.4 is 10.6 Å². The highest BCUT2D eigenvalue weighted by Gasteiger charge is 2.24. The summed E-state index contributed by atoms with van der Waals surface area (Å²) in [6.45, 7) is 3.02. The first kappa shape index (κ1) is 17.7. The van der Waals surface area contributed by atoms with Crippen molar-refractivity contribution in [3.63, 3.8) is 0 Å². The summed E-state index contributed by atoms with van der Waals surface area (Å²) in [4.78, 5) is 14.6. The molecule has 1 aliphatic rings. The van der Waals surface area contributed by atoms with E-state index in [1.54, 1.807) is 25.0 Å². The van der Waals surface area contributed by atoms with Crippen LogP contribution in [0.3, 0.4) is 0 Å². The van der Waals surface area contributed by atoms with E-state index in [1.165, 1.54) is 6.42 Å². The molecule has 0 unspecified atom stereocenters. The molecule has 0 spiro atoms. The lowest BCUT2D eigenvalue weighted by molar-refractivity contribution is 0.0714. The van der Waals surface area contributed by atoms with Gasteiger partial charge in [-0.1, -0.05) is 0 Å². The topological polar surface area (TPSA) is 71.4 Å². The van der Waals surface area contributed by atoms with Crippen molar-refractivity contribution in [1.29, 1.82) is 0 Å². The Morgan fingerprint density at radius 2 is 2.13 bits per heavy atom. The standard InChI is InChI=1S/C15H25N5O2S/c1-19-13(14(21)20-8-4-3-5-9-20)12(11-17-19)18-15(23)16-7-6-10-22-2/h11H,3-10H2,1-2H3,(H2,16,18,23). The molecule has 1 fully saturated rings. The molecule has 0 radical (unpaired) electrons. The SMILES string of the molecule is COCCCNC(=S)Nc1cnn(C)c1C(=O)N1CCCCC1. The number of ether oxygens (including phenoxy) is 1. The number of anilines is 1. The molecule has 0 saturated carbocycles. The highest BCUT2D eigenvalue weighted by atomic mass is 32.1. The smallest absolute Gasteiger partial charge is 0.274 e. The minimum absolute atomic E-state index is 0.00869. The van der Waals surface area contributed by atoms with E-state index in [4.69, 9.17) is 17.0 Å². The van der Waals surface area contributed by atoms with Crippen molar-refractivity contribution in [2.75, 3.05) is 38.7 Å².